The molecule has 4 nitrogen and oxygen atoms in total. The van der Waals surface area contributed by atoms with Gasteiger partial charge in [0.15, 0.2) is 0 Å². The number of nitrogens with zero attached hydrogens (tertiary/aromatic N) is 1. The van der Waals surface area contributed by atoms with E-state index in [-0.39, 0.29) is 12.6 Å². The molecule has 1 aliphatic rings. The molecule has 1 fully saturated rings. The number of carbonyl (C=O) groups is 1. The van der Waals surface area contributed by atoms with Crippen molar-refractivity contribution < 1.29 is 14.6 Å². The van der Waals surface area contributed by atoms with Crippen LogP contribution in [0.4, 0.5) is 0 Å². The van der Waals surface area contributed by atoms with Crippen molar-refractivity contribution in [3.8, 4) is 0 Å². The molecule has 1 rings (SSSR count). The maximum atomic E-state index is 10.7. The molecule has 0 heterocycles. The van der Waals surface area contributed by atoms with Crippen molar-refractivity contribution in [2.45, 2.75) is 64.0 Å². The number of rotatable bonds is 5. The lowest BCUT2D eigenvalue weighted by Gasteiger charge is -2.31. The summed E-state index contributed by atoms with van der Waals surface area (Å²) in [5.41, 5.74) is 0. The second kappa shape index (κ2) is 8.48. The molecule has 0 aromatic carbocycles. The molecule has 4 heteroatoms. The van der Waals surface area contributed by atoms with E-state index in [4.69, 9.17) is 4.74 Å². The van der Waals surface area contributed by atoms with Gasteiger partial charge in [0.25, 0.3) is 0 Å². The summed E-state index contributed by atoms with van der Waals surface area (Å²) in [5.74, 6) is -0.331. The van der Waals surface area contributed by atoms with Crippen molar-refractivity contribution in [1.82, 2.24) is 4.90 Å². The Morgan fingerprint density at radius 3 is 2.39 bits per heavy atom. The third-order valence-electron chi connectivity index (χ3n) is 3.68. The van der Waals surface area contributed by atoms with Gasteiger partial charge in [0.2, 0.25) is 0 Å². The Kier molecular flexibility index (Phi) is 7.28. The fourth-order valence-corrected chi connectivity index (χ4v) is 2.62. The smallest absolute Gasteiger partial charge is 0.302 e. The number of ether oxygens (including phenoxy) is 1. The van der Waals surface area contributed by atoms with Gasteiger partial charge >= 0.3 is 5.97 Å². The van der Waals surface area contributed by atoms with E-state index in [1.165, 1.54) is 51.9 Å². The van der Waals surface area contributed by atoms with Crippen LogP contribution in [-0.2, 0) is 9.53 Å². The van der Waals surface area contributed by atoms with Crippen LogP contribution in [0, 0.1) is 0 Å². The quantitative estimate of drug-likeness (QED) is 0.765. The summed E-state index contributed by atoms with van der Waals surface area (Å²) < 4.78 is 4.82. The first-order valence-electron chi connectivity index (χ1n) is 7.11. The second-order valence-corrected chi connectivity index (χ2v) is 5.39. The summed E-state index contributed by atoms with van der Waals surface area (Å²) in [6.07, 6.45) is 8.47. The maximum Gasteiger partial charge on any atom is 0.302 e. The van der Waals surface area contributed by atoms with Crippen molar-refractivity contribution >= 4 is 5.97 Å². The van der Waals surface area contributed by atoms with Gasteiger partial charge in [0.1, 0.15) is 12.7 Å². The molecule has 0 aromatic rings. The number of likely N-dealkylation sites (N-methyl/N-ethyl adjacent to an activating group) is 1. The molecule has 1 saturated carbocycles. The van der Waals surface area contributed by atoms with E-state index in [0.717, 1.165) is 0 Å². The van der Waals surface area contributed by atoms with Crippen LogP contribution in [0.3, 0.4) is 0 Å². The molecule has 18 heavy (non-hydrogen) atoms. The van der Waals surface area contributed by atoms with E-state index in [9.17, 15) is 9.90 Å². The van der Waals surface area contributed by atoms with Gasteiger partial charge in [-0.3, -0.25) is 4.79 Å². The van der Waals surface area contributed by atoms with E-state index in [2.05, 4.69) is 11.9 Å². The Hall–Kier alpha value is -0.610. The van der Waals surface area contributed by atoms with Gasteiger partial charge in [-0.15, -0.1) is 0 Å². The van der Waals surface area contributed by atoms with Gasteiger partial charge < -0.3 is 14.7 Å². The largest absolute Gasteiger partial charge is 0.463 e. The van der Waals surface area contributed by atoms with E-state index in [0.29, 0.717) is 12.6 Å². The summed E-state index contributed by atoms with van der Waals surface area (Å²) in [6.45, 7) is 2.05. The minimum Gasteiger partial charge on any atom is -0.463 e. The van der Waals surface area contributed by atoms with Gasteiger partial charge in [-0.05, 0) is 19.9 Å². The lowest BCUT2D eigenvalue weighted by Crippen LogP contribution is -2.39. The summed E-state index contributed by atoms with van der Waals surface area (Å²) in [5, 5.41) is 9.81. The lowest BCUT2D eigenvalue weighted by molar-refractivity contribution is -0.144. The predicted octanol–water partition coefficient (Wildman–Crippen LogP) is 1.96. The van der Waals surface area contributed by atoms with Crippen LogP contribution in [0.2, 0.25) is 0 Å². The van der Waals surface area contributed by atoms with E-state index in [1.807, 2.05) is 0 Å². The van der Waals surface area contributed by atoms with E-state index in [1.54, 1.807) is 0 Å². The number of carbonyl (C=O) groups excluding carboxylic acids is 1. The molecule has 1 atom stereocenters. The summed E-state index contributed by atoms with van der Waals surface area (Å²) >= 11 is 0. The highest BCUT2D eigenvalue weighted by molar-refractivity contribution is 5.65. The molecule has 0 amide bonds. The second-order valence-electron chi connectivity index (χ2n) is 5.39. The highest BCUT2D eigenvalue weighted by Gasteiger charge is 2.19. The number of aliphatic hydroxyl groups excluding tert-OH is 1. The fourth-order valence-electron chi connectivity index (χ4n) is 2.62. The molecule has 0 radical (unpaired) electrons. The van der Waals surface area contributed by atoms with Crippen molar-refractivity contribution in [2.75, 3.05) is 20.2 Å². The molecule has 1 aliphatic carbocycles. The van der Waals surface area contributed by atoms with Gasteiger partial charge in [-0.2, -0.15) is 0 Å². The van der Waals surface area contributed by atoms with Crippen LogP contribution >= 0.6 is 0 Å². The first-order chi connectivity index (χ1) is 8.59. The van der Waals surface area contributed by atoms with E-state index >= 15 is 0 Å². The number of aliphatic hydroxyl groups is 1. The molecule has 1 N–H and O–H groups in total. The molecule has 106 valence electrons. The highest BCUT2D eigenvalue weighted by Crippen LogP contribution is 2.20. The lowest BCUT2D eigenvalue weighted by atomic mass is 9.96. The first-order valence-corrected chi connectivity index (χ1v) is 7.11. The molecule has 0 saturated heterocycles. The Balaban J connectivity index is 2.28. The average molecular weight is 257 g/mol. The molecule has 1 unspecified atom stereocenters. The van der Waals surface area contributed by atoms with Gasteiger partial charge in [-0.25, -0.2) is 0 Å². The summed E-state index contributed by atoms with van der Waals surface area (Å²) in [6, 6.07) is 0.567. The van der Waals surface area contributed by atoms with Crippen molar-refractivity contribution in [1.29, 1.82) is 0 Å². The zero-order valence-corrected chi connectivity index (χ0v) is 11.7. The fraction of sp³-hybridized carbons (Fsp3) is 0.929. The van der Waals surface area contributed by atoms with Crippen LogP contribution < -0.4 is 0 Å². The summed E-state index contributed by atoms with van der Waals surface area (Å²) in [4.78, 5) is 12.9. The third kappa shape index (κ3) is 6.36. The predicted molar refractivity (Wildman–Crippen MR) is 71.4 cm³/mol. The SMILES string of the molecule is CC(=O)OCC(O)CN(C)C1CCCCCCC1. The van der Waals surface area contributed by atoms with Crippen LogP contribution in [0.5, 0.6) is 0 Å². The first kappa shape index (κ1) is 15.4. The minimum atomic E-state index is -0.579. The van der Waals surface area contributed by atoms with E-state index < -0.39 is 6.10 Å². The molecular weight excluding hydrogens is 230 g/mol. The van der Waals surface area contributed by atoms with Crippen LogP contribution in [0.1, 0.15) is 51.9 Å². The number of esters is 1. The van der Waals surface area contributed by atoms with Gasteiger partial charge in [0.05, 0.1) is 0 Å². The minimum absolute atomic E-state index is 0.104. The van der Waals surface area contributed by atoms with Crippen molar-refractivity contribution in [2.24, 2.45) is 0 Å². The number of hydrogen-bond acceptors (Lipinski definition) is 4. The molecule has 0 spiro atoms. The van der Waals surface area contributed by atoms with Gasteiger partial charge in [0, 0.05) is 19.5 Å². The van der Waals surface area contributed by atoms with Crippen LogP contribution in [0.25, 0.3) is 0 Å². The Bertz CT molecular complexity index is 237. The Morgan fingerprint density at radius 2 is 1.83 bits per heavy atom. The van der Waals surface area contributed by atoms with Crippen molar-refractivity contribution in [3.63, 3.8) is 0 Å². The van der Waals surface area contributed by atoms with Crippen LogP contribution in [0.15, 0.2) is 0 Å². The average Bonchev–Trinajstić information content (AvgIpc) is 2.25. The maximum absolute atomic E-state index is 10.7. The standard InChI is InChI=1S/C14H27NO3/c1-12(16)18-11-14(17)10-15(2)13-8-6-4-3-5-7-9-13/h13-14,17H,3-11H2,1-2H3. The Labute approximate surface area is 110 Å². The molecule has 0 aliphatic heterocycles. The number of hydrogen-bond donors (Lipinski definition) is 1. The third-order valence-corrected chi connectivity index (χ3v) is 3.68. The molecular formula is C14H27NO3. The zero-order valence-electron chi connectivity index (χ0n) is 11.7. The Morgan fingerprint density at radius 1 is 1.28 bits per heavy atom. The topological polar surface area (TPSA) is 49.8 Å². The zero-order chi connectivity index (χ0) is 13.4. The monoisotopic (exact) mass is 257 g/mol. The van der Waals surface area contributed by atoms with Gasteiger partial charge in [-0.1, -0.05) is 32.1 Å². The van der Waals surface area contributed by atoms with Crippen LogP contribution in [-0.4, -0.2) is 48.3 Å². The summed E-state index contributed by atoms with van der Waals surface area (Å²) in [7, 11) is 2.06. The van der Waals surface area contributed by atoms with Crippen molar-refractivity contribution in [3.05, 3.63) is 0 Å². The molecule has 0 bridgehead atoms. The molecule has 0 aromatic heterocycles. The normalized spacial score (nSPS) is 20.2. The highest BCUT2D eigenvalue weighted by atomic mass is 16.5.